The van der Waals surface area contributed by atoms with Crippen molar-refractivity contribution in [3.8, 4) is 11.8 Å². The Kier molecular flexibility index (Phi) is 5.80. The Morgan fingerprint density at radius 2 is 2.43 bits per heavy atom. The Morgan fingerprint density at radius 1 is 1.62 bits per heavy atom. The number of carbonyl (C=O) groups excluding carboxylic acids is 1. The summed E-state index contributed by atoms with van der Waals surface area (Å²) in [7, 11) is 1.70. The van der Waals surface area contributed by atoms with Gasteiger partial charge >= 0.3 is 0 Å². The van der Waals surface area contributed by atoms with Gasteiger partial charge in [-0.3, -0.25) is 4.79 Å². The highest BCUT2D eigenvalue weighted by Gasteiger charge is 2.25. The molecule has 5 heteroatoms. The maximum absolute atomic E-state index is 12.5. The molecule has 1 aromatic rings. The largest absolute Gasteiger partial charge is 0.395 e. The van der Waals surface area contributed by atoms with Crippen LogP contribution in [0, 0.1) is 18.8 Å². The lowest BCUT2D eigenvalue weighted by molar-refractivity contribution is 0.0271. The summed E-state index contributed by atoms with van der Waals surface area (Å²) < 4.78 is 5.37. The van der Waals surface area contributed by atoms with Crippen molar-refractivity contribution in [2.75, 3.05) is 26.8 Å². The number of aliphatic hydroxyl groups is 1. The number of aryl methyl sites for hydroxylation is 1. The molecule has 0 aromatic carbocycles. The number of methoxy groups -OCH3 is 1. The summed E-state index contributed by atoms with van der Waals surface area (Å²) in [4.78, 5) is 16.1. The van der Waals surface area contributed by atoms with Crippen molar-refractivity contribution in [2.24, 2.45) is 0 Å². The fourth-order valence-electron chi connectivity index (χ4n) is 2.38. The maximum atomic E-state index is 12.5. The van der Waals surface area contributed by atoms with Gasteiger partial charge in [0.25, 0.3) is 5.91 Å². The van der Waals surface area contributed by atoms with Crippen LogP contribution in [-0.2, 0) is 4.74 Å². The SMILES string of the molecule is COC1CCCN(C(=O)c2cc(C)c(C#CCCO)s2)C1. The van der Waals surface area contributed by atoms with Gasteiger partial charge in [0, 0.05) is 26.6 Å². The summed E-state index contributed by atoms with van der Waals surface area (Å²) >= 11 is 1.43. The third kappa shape index (κ3) is 4.07. The van der Waals surface area contributed by atoms with E-state index in [4.69, 9.17) is 9.84 Å². The van der Waals surface area contributed by atoms with E-state index in [1.165, 1.54) is 11.3 Å². The van der Waals surface area contributed by atoms with Gasteiger partial charge in [-0.15, -0.1) is 11.3 Å². The average Bonchev–Trinajstić information content (AvgIpc) is 2.88. The molecule has 2 heterocycles. The Morgan fingerprint density at radius 3 is 3.14 bits per heavy atom. The molecular formula is C16H21NO3S. The summed E-state index contributed by atoms with van der Waals surface area (Å²) in [5, 5.41) is 8.75. The predicted octanol–water partition coefficient (Wildman–Crippen LogP) is 2.04. The predicted molar refractivity (Wildman–Crippen MR) is 83.6 cm³/mol. The number of rotatable bonds is 3. The highest BCUT2D eigenvalue weighted by Crippen LogP contribution is 2.24. The lowest BCUT2D eigenvalue weighted by Gasteiger charge is -2.31. The normalized spacial score (nSPS) is 18.2. The van der Waals surface area contributed by atoms with Gasteiger partial charge in [0.1, 0.15) is 0 Å². The number of ether oxygens (including phenoxy) is 1. The highest BCUT2D eigenvalue weighted by molar-refractivity contribution is 7.14. The molecule has 1 aromatic heterocycles. The average molecular weight is 307 g/mol. The van der Waals surface area contributed by atoms with Crippen molar-refractivity contribution in [3.63, 3.8) is 0 Å². The minimum absolute atomic E-state index is 0.0649. The van der Waals surface area contributed by atoms with Crippen molar-refractivity contribution < 1.29 is 14.6 Å². The fourth-order valence-corrected chi connectivity index (χ4v) is 3.40. The van der Waals surface area contributed by atoms with Gasteiger partial charge in [0.05, 0.1) is 22.5 Å². The molecule has 1 unspecified atom stereocenters. The summed E-state index contributed by atoms with van der Waals surface area (Å²) in [6.07, 6.45) is 2.61. The van der Waals surface area contributed by atoms with Gasteiger partial charge in [-0.25, -0.2) is 0 Å². The van der Waals surface area contributed by atoms with Crippen molar-refractivity contribution in [3.05, 3.63) is 21.4 Å². The Balaban J connectivity index is 2.09. The van der Waals surface area contributed by atoms with Gasteiger partial charge in [-0.2, -0.15) is 0 Å². The van der Waals surface area contributed by atoms with Crippen molar-refractivity contribution in [1.29, 1.82) is 0 Å². The van der Waals surface area contributed by atoms with E-state index in [0.29, 0.717) is 13.0 Å². The molecule has 0 radical (unpaired) electrons. The lowest BCUT2D eigenvalue weighted by atomic mass is 10.1. The number of aliphatic hydroxyl groups excluding tert-OH is 1. The van der Waals surface area contributed by atoms with Crippen LogP contribution in [0.2, 0.25) is 0 Å². The number of carbonyl (C=O) groups is 1. The number of thiophene rings is 1. The van der Waals surface area contributed by atoms with Gasteiger partial charge in [-0.05, 0) is 31.4 Å². The zero-order chi connectivity index (χ0) is 15.2. The number of hydrogen-bond donors (Lipinski definition) is 1. The molecule has 0 bridgehead atoms. The minimum atomic E-state index is 0.0649. The van der Waals surface area contributed by atoms with E-state index in [0.717, 1.165) is 34.7 Å². The number of amides is 1. The number of likely N-dealkylation sites (tertiary alicyclic amines) is 1. The van der Waals surface area contributed by atoms with Crippen LogP contribution < -0.4 is 0 Å². The van der Waals surface area contributed by atoms with E-state index in [1.54, 1.807) is 7.11 Å². The van der Waals surface area contributed by atoms with Crippen molar-refractivity contribution in [1.82, 2.24) is 4.90 Å². The third-order valence-corrected chi connectivity index (χ3v) is 4.71. The molecule has 1 N–H and O–H groups in total. The number of piperidine rings is 1. The van der Waals surface area contributed by atoms with E-state index >= 15 is 0 Å². The Bertz CT molecular complexity index is 556. The van der Waals surface area contributed by atoms with Gasteiger partial charge < -0.3 is 14.7 Å². The molecule has 0 spiro atoms. The van der Waals surface area contributed by atoms with Crippen LogP contribution >= 0.6 is 11.3 Å². The first kappa shape index (κ1) is 16.0. The standard InChI is InChI=1S/C16H21NO3S/c1-12-10-15(21-14(12)7-3-4-9-18)16(19)17-8-5-6-13(11-17)20-2/h10,13,18H,4-6,8-9,11H2,1-2H3. The van der Waals surface area contributed by atoms with E-state index < -0.39 is 0 Å². The van der Waals surface area contributed by atoms with Crippen LogP contribution in [0.5, 0.6) is 0 Å². The molecule has 114 valence electrons. The van der Waals surface area contributed by atoms with Gasteiger partial charge in [0.15, 0.2) is 0 Å². The first-order valence-electron chi connectivity index (χ1n) is 7.18. The minimum Gasteiger partial charge on any atom is -0.395 e. The first-order chi connectivity index (χ1) is 10.2. The van der Waals surface area contributed by atoms with Gasteiger partial charge in [0.2, 0.25) is 0 Å². The van der Waals surface area contributed by atoms with Crippen LogP contribution in [-0.4, -0.2) is 48.8 Å². The zero-order valence-corrected chi connectivity index (χ0v) is 13.3. The molecule has 1 saturated heterocycles. The summed E-state index contributed by atoms with van der Waals surface area (Å²) in [5.74, 6) is 6.00. The van der Waals surface area contributed by atoms with Crippen molar-refractivity contribution >= 4 is 17.2 Å². The Labute approximate surface area is 129 Å². The van der Waals surface area contributed by atoms with Crippen LogP contribution in [0.3, 0.4) is 0 Å². The maximum Gasteiger partial charge on any atom is 0.264 e. The summed E-state index contributed by atoms with van der Waals surface area (Å²) in [6.45, 7) is 3.48. The summed E-state index contributed by atoms with van der Waals surface area (Å²) in [6, 6.07) is 1.91. The van der Waals surface area contributed by atoms with E-state index in [2.05, 4.69) is 11.8 Å². The second kappa shape index (κ2) is 7.60. The van der Waals surface area contributed by atoms with E-state index in [1.807, 2.05) is 17.9 Å². The molecule has 2 rings (SSSR count). The Hall–Kier alpha value is -1.35. The number of hydrogen-bond acceptors (Lipinski definition) is 4. The van der Waals surface area contributed by atoms with E-state index in [-0.39, 0.29) is 18.6 Å². The second-order valence-corrected chi connectivity index (χ2v) is 6.20. The molecule has 0 saturated carbocycles. The smallest absolute Gasteiger partial charge is 0.264 e. The topological polar surface area (TPSA) is 49.8 Å². The van der Waals surface area contributed by atoms with E-state index in [9.17, 15) is 4.79 Å². The molecule has 1 aliphatic rings. The molecule has 1 atom stereocenters. The van der Waals surface area contributed by atoms with Crippen LogP contribution in [0.25, 0.3) is 0 Å². The molecule has 1 aliphatic heterocycles. The third-order valence-electron chi connectivity index (χ3n) is 3.57. The van der Waals surface area contributed by atoms with Crippen LogP contribution in [0.15, 0.2) is 6.07 Å². The highest BCUT2D eigenvalue weighted by atomic mass is 32.1. The molecule has 21 heavy (non-hydrogen) atoms. The molecule has 0 aliphatic carbocycles. The quantitative estimate of drug-likeness (QED) is 0.870. The lowest BCUT2D eigenvalue weighted by Crippen LogP contribution is -2.42. The zero-order valence-electron chi connectivity index (χ0n) is 12.5. The molecule has 4 nitrogen and oxygen atoms in total. The van der Waals surface area contributed by atoms with Crippen LogP contribution in [0.4, 0.5) is 0 Å². The first-order valence-corrected chi connectivity index (χ1v) is 7.99. The molecule has 1 fully saturated rings. The molecular weight excluding hydrogens is 286 g/mol. The fraction of sp³-hybridized carbons (Fsp3) is 0.562. The van der Waals surface area contributed by atoms with Gasteiger partial charge in [-0.1, -0.05) is 11.8 Å². The summed E-state index contributed by atoms with van der Waals surface area (Å²) in [5.41, 5.74) is 1.02. The van der Waals surface area contributed by atoms with Crippen LogP contribution in [0.1, 0.15) is 39.4 Å². The molecule has 1 amide bonds. The monoisotopic (exact) mass is 307 g/mol. The van der Waals surface area contributed by atoms with Crippen molar-refractivity contribution in [2.45, 2.75) is 32.3 Å². The number of nitrogens with zero attached hydrogens (tertiary/aromatic N) is 1. The second-order valence-electron chi connectivity index (χ2n) is 5.15.